The van der Waals surface area contributed by atoms with Crippen LogP contribution in [-0.4, -0.2) is 17.9 Å². The number of amides is 2. The Bertz CT molecular complexity index is 584. The molecule has 0 spiro atoms. The predicted octanol–water partition coefficient (Wildman–Crippen LogP) is 1.11. The second-order valence-electron chi connectivity index (χ2n) is 4.72. The number of carbonyl (C=O) groups excluding carboxylic acids is 2. The maximum absolute atomic E-state index is 12.1. The topological polar surface area (TPSA) is 96.0 Å². The van der Waals surface area contributed by atoms with Crippen LogP contribution >= 0.6 is 0 Å². The van der Waals surface area contributed by atoms with Gasteiger partial charge >= 0.3 is 0 Å². The third kappa shape index (κ3) is 3.04. The first-order valence-corrected chi connectivity index (χ1v) is 6.37. The first-order chi connectivity index (χ1) is 9.61. The minimum absolute atomic E-state index is 0.263. The smallest absolute Gasteiger partial charge is 0.251 e. The summed E-state index contributed by atoms with van der Waals surface area (Å²) in [5, 5.41) is 11.5. The highest BCUT2D eigenvalue weighted by Crippen LogP contribution is 2.19. The summed E-state index contributed by atoms with van der Waals surface area (Å²) in [6.07, 6.45) is 4.98. The summed E-state index contributed by atoms with van der Waals surface area (Å²) in [7, 11) is 0. The number of primary amides is 1. The molecule has 0 heterocycles. The quantitative estimate of drug-likeness (QED) is 0.804. The summed E-state index contributed by atoms with van der Waals surface area (Å²) in [4.78, 5) is 23.5. The lowest BCUT2D eigenvalue weighted by Crippen LogP contribution is -2.46. The van der Waals surface area contributed by atoms with Crippen molar-refractivity contribution >= 4 is 11.8 Å². The number of hydrogen-bond acceptors (Lipinski definition) is 3. The molecule has 2 amide bonds. The Morgan fingerprint density at radius 2 is 1.85 bits per heavy atom. The van der Waals surface area contributed by atoms with E-state index < -0.39 is 5.91 Å². The van der Waals surface area contributed by atoms with Crippen LogP contribution < -0.4 is 11.1 Å². The van der Waals surface area contributed by atoms with Crippen molar-refractivity contribution in [2.45, 2.75) is 18.9 Å². The van der Waals surface area contributed by atoms with Crippen molar-refractivity contribution in [2.75, 3.05) is 0 Å². The second kappa shape index (κ2) is 6.02. The number of allylic oxidation sites excluding steroid dienone is 1. The number of benzene rings is 1. The Morgan fingerprint density at radius 3 is 2.45 bits per heavy atom. The minimum Gasteiger partial charge on any atom is -0.369 e. The minimum atomic E-state index is -0.403. The molecule has 0 aromatic heterocycles. The van der Waals surface area contributed by atoms with E-state index in [1.54, 1.807) is 24.3 Å². The van der Waals surface area contributed by atoms with Crippen molar-refractivity contribution in [1.82, 2.24) is 5.32 Å². The molecule has 0 bridgehead atoms. The molecular weight excluding hydrogens is 254 g/mol. The summed E-state index contributed by atoms with van der Waals surface area (Å²) in [6.45, 7) is 0. The molecule has 0 saturated carbocycles. The van der Waals surface area contributed by atoms with E-state index in [0.717, 1.165) is 0 Å². The Labute approximate surface area is 117 Å². The number of hydrogen-bond donors (Lipinski definition) is 2. The first kappa shape index (κ1) is 13.8. The molecule has 102 valence electrons. The van der Waals surface area contributed by atoms with Gasteiger partial charge in [-0.25, -0.2) is 0 Å². The first-order valence-electron chi connectivity index (χ1n) is 6.37. The molecule has 0 unspecified atom stereocenters. The molecule has 0 radical (unpaired) electrons. The Balaban J connectivity index is 2.08. The number of rotatable bonds is 3. The fourth-order valence-electron chi connectivity index (χ4n) is 2.24. The Morgan fingerprint density at radius 1 is 1.20 bits per heavy atom. The van der Waals surface area contributed by atoms with E-state index in [1.165, 1.54) is 0 Å². The van der Waals surface area contributed by atoms with Crippen LogP contribution in [0.2, 0.25) is 0 Å². The molecule has 5 nitrogen and oxygen atoms in total. The van der Waals surface area contributed by atoms with Crippen molar-refractivity contribution in [3.05, 3.63) is 47.5 Å². The lowest BCUT2D eigenvalue weighted by atomic mass is 9.88. The van der Waals surface area contributed by atoms with Gasteiger partial charge in [0.15, 0.2) is 0 Å². The van der Waals surface area contributed by atoms with Crippen LogP contribution in [0.4, 0.5) is 0 Å². The van der Waals surface area contributed by atoms with E-state index in [9.17, 15) is 9.59 Å². The molecule has 5 heteroatoms. The number of nitrogens with one attached hydrogen (secondary N) is 1. The summed E-state index contributed by atoms with van der Waals surface area (Å²) in [5.41, 5.74) is 6.31. The highest BCUT2D eigenvalue weighted by molar-refractivity contribution is 5.95. The molecule has 1 aliphatic carbocycles. The number of carbonyl (C=O) groups is 2. The molecule has 3 N–H and O–H groups in total. The van der Waals surface area contributed by atoms with E-state index >= 15 is 0 Å². The predicted molar refractivity (Wildman–Crippen MR) is 73.5 cm³/mol. The zero-order chi connectivity index (χ0) is 14.5. The average Bonchev–Trinajstić information content (AvgIpc) is 2.47. The Hall–Kier alpha value is -2.61. The van der Waals surface area contributed by atoms with Crippen LogP contribution in [0.5, 0.6) is 0 Å². The largest absolute Gasteiger partial charge is 0.369 e. The third-order valence-electron chi connectivity index (χ3n) is 3.39. The van der Waals surface area contributed by atoms with Gasteiger partial charge in [-0.3, -0.25) is 9.59 Å². The fraction of sp³-hybridized carbons (Fsp3) is 0.267. The highest BCUT2D eigenvalue weighted by atomic mass is 16.2. The average molecular weight is 269 g/mol. The summed E-state index contributed by atoms with van der Waals surface area (Å²) in [5.74, 6) is -1.04. The standard InChI is InChI=1S/C15H15N3O2/c16-9-10-5-7-11(8-6-10)15(20)18-13-4-2-1-3-12(13)14(17)19/h1-2,5-8,12-13H,3-4H2,(H2,17,19)(H,18,20)/t12-,13-/m1/s1. The fourth-order valence-corrected chi connectivity index (χ4v) is 2.24. The van der Waals surface area contributed by atoms with Crippen LogP contribution in [-0.2, 0) is 4.79 Å². The van der Waals surface area contributed by atoms with Gasteiger partial charge in [0.05, 0.1) is 17.6 Å². The number of nitrogens with two attached hydrogens (primary N) is 1. The van der Waals surface area contributed by atoms with Crippen molar-refractivity contribution in [2.24, 2.45) is 11.7 Å². The molecule has 2 rings (SSSR count). The summed E-state index contributed by atoms with van der Waals surface area (Å²) >= 11 is 0. The van der Waals surface area contributed by atoms with Gasteiger partial charge in [0, 0.05) is 11.6 Å². The van der Waals surface area contributed by atoms with Gasteiger partial charge in [-0.1, -0.05) is 12.2 Å². The van der Waals surface area contributed by atoms with Gasteiger partial charge < -0.3 is 11.1 Å². The van der Waals surface area contributed by atoms with E-state index in [4.69, 9.17) is 11.0 Å². The molecule has 1 aromatic carbocycles. The number of nitrogens with zero attached hydrogens (tertiary/aromatic N) is 1. The van der Waals surface area contributed by atoms with Crippen LogP contribution in [0.25, 0.3) is 0 Å². The molecule has 20 heavy (non-hydrogen) atoms. The van der Waals surface area contributed by atoms with Gasteiger partial charge in [-0.2, -0.15) is 5.26 Å². The zero-order valence-corrected chi connectivity index (χ0v) is 10.9. The van der Waals surface area contributed by atoms with Crippen molar-refractivity contribution in [3.63, 3.8) is 0 Å². The second-order valence-corrected chi connectivity index (χ2v) is 4.72. The molecule has 1 aliphatic rings. The van der Waals surface area contributed by atoms with E-state index in [-0.39, 0.29) is 17.9 Å². The van der Waals surface area contributed by atoms with E-state index in [2.05, 4.69) is 5.32 Å². The monoisotopic (exact) mass is 269 g/mol. The number of nitriles is 1. The van der Waals surface area contributed by atoms with Crippen LogP contribution in [0.3, 0.4) is 0 Å². The highest BCUT2D eigenvalue weighted by Gasteiger charge is 2.28. The Kier molecular flexibility index (Phi) is 4.16. The maximum atomic E-state index is 12.1. The van der Waals surface area contributed by atoms with Gasteiger partial charge in [0.2, 0.25) is 5.91 Å². The normalized spacial score (nSPS) is 20.9. The molecule has 2 atom stereocenters. The molecule has 0 fully saturated rings. The molecule has 1 aromatic rings. The zero-order valence-electron chi connectivity index (χ0n) is 10.9. The molecular formula is C15H15N3O2. The van der Waals surface area contributed by atoms with E-state index in [1.807, 2.05) is 18.2 Å². The van der Waals surface area contributed by atoms with Crippen molar-refractivity contribution in [3.8, 4) is 6.07 Å². The van der Waals surface area contributed by atoms with Crippen molar-refractivity contribution in [1.29, 1.82) is 5.26 Å². The van der Waals surface area contributed by atoms with Crippen molar-refractivity contribution < 1.29 is 9.59 Å². The van der Waals surface area contributed by atoms with E-state index in [0.29, 0.717) is 24.0 Å². The van der Waals surface area contributed by atoms with Gasteiger partial charge in [0.25, 0.3) is 5.91 Å². The van der Waals surface area contributed by atoms with Gasteiger partial charge in [-0.05, 0) is 37.1 Å². The maximum Gasteiger partial charge on any atom is 0.251 e. The third-order valence-corrected chi connectivity index (χ3v) is 3.39. The van der Waals surface area contributed by atoms with Crippen LogP contribution in [0, 0.1) is 17.2 Å². The molecule has 0 saturated heterocycles. The van der Waals surface area contributed by atoms with Gasteiger partial charge in [-0.15, -0.1) is 0 Å². The molecule has 0 aliphatic heterocycles. The lowest BCUT2D eigenvalue weighted by Gasteiger charge is -2.26. The summed E-state index contributed by atoms with van der Waals surface area (Å²) < 4.78 is 0. The lowest BCUT2D eigenvalue weighted by molar-refractivity contribution is -0.122. The SMILES string of the molecule is N#Cc1ccc(C(=O)N[C@@H]2CC=CC[C@H]2C(N)=O)cc1. The van der Waals surface area contributed by atoms with Gasteiger partial charge in [0.1, 0.15) is 0 Å². The van der Waals surface area contributed by atoms with Crippen LogP contribution in [0.15, 0.2) is 36.4 Å². The van der Waals surface area contributed by atoms with Crippen LogP contribution in [0.1, 0.15) is 28.8 Å². The summed E-state index contributed by atoms with van der Waals surface area (Å²) in [6, 6.07) is 8.06.